The standard InChI is InChI=1S/C30H18BN/c1-2-8-22-18-28-24(17-21(22)7-1)23-11-3-4-12-25(23)31-26-13-5-9-19-15-16-20-10-6-14-27(32(28)31)30(20)29(19)26/h1-18H. The number of hydrogen-bond acceptors (Lipinski definition) is 1. The van der Waals surface area contributed by atoms with Crippen LogP contribution in [0, 0.1) is 0 Å². The lowest BCUT2D eigenvalue weighted by atomic mass is 9.43. The van der Waals surface area contributed by atoms with Crippen molar-refractivity contribution in [2.75, 3.05) is 4.81 Å². The maximum absolute atomic E-state index is 2.59. The highest BCUT2D eigenvalue weighted by Gasteiger charge is 2.41. The molecular weight excluding hydrogens is 385 g/mol. The maximum Gasteiger partial charge on any atom is 0.329 e. The Morgan fingerprint density at radius 2 is 1.09 bits per heavy atom. The Morgan fingerprint density at radius 3 is 1.97 bits per heavy atom. The van der Waals surface area contributed by atoms with Crippen LogP contribution >= 0.6 is 0 Å². The van der Waals surface area contributed by atoms with E-state index in [1.165, 1.54) is 65.7 Å². The van der Waals surface area contributed by atoms with Crippen molar-refractivity contribution >= 4 is 61.5 Å². The average molecular weight is 403 g/mol. The Hall–Kier alpha value is -4.04. The number of fused-ring (bicyclic) bond motifs is 9. The van der Waals surface area contributed by atoms with Crippen LogP contribution in [0.5, 0.6) is 0 Å². The van der Waals surface area contributed by atoms with Crippen molar-refractivity contribution in [3.63, 3.8) is 0 Å². The van der Waals surface area contributed by atoms with Crippen molar-refractivity contribution in [2.45, 2.75) is 0 Å². The minimum atomic E-state index is 0.170. The molecule has 0 saturated carbocycles. The second-order valence-electron chi connectivity index (χ2n) is 8.96. The molecule has 6 aromatic carbocycles. The molecule has 0 bridgehead atoms. The number of anilines is 2. The highest BCUT2D eigenvalue weighted by atomic mass is 15.1. The zero-order valence-electron chi connectivity index (χ0n) is 17.4. The summed E-state index contributed by atoms with van der Waals surface area (Å²) in [4.78, 5) is 2.59. The first kappa shape index (κ1) is 16.6. The SMILES string of the molecule is c1ccc2c(c1)B1c3cccc4ccc5cccc(c5c34)N1c1cc3ccccc3cc1-2. The van der Waals surface area contributed by atoms with Crippen LogP contribution in [-0.4, -0.2) is 6.85 Å². The number of rotatable bonds is 0. The van der Waals surface area contributed by atoms with Gasteiger partial charge in [0.1, 0.15) is 0 Å². The predicted molar refractivity (Wildman–Crippen MR) is 138 cm³/mol. The summed E-state index contributed by atoms with van der Waals surface area (Å²) in [5.74, 6) is 0. The van der Waals surface area contributed by atoms with Gasteiger partial charge in [-0.3, -0.25) is 0 Å². The van der Waals surface area contributed by atoms with Gasteiger partial charge >= 0.3 is 6.85 Å². The average Bonchev–Trinajstić information content (AvgIpc) is 2.86. The van der Waals surface area contributed by atoms with Crippen molar-refractivity contribution in [3.8, 4) is 11.1 Å². The summed E-state index contributed by atoms with van der Waals surface area (Å²) in [7, 11) is 0. The lowest BCUT2D eigenvalue weighted by Crippen LogP contribution is -2.58. The van der Waals surface area contributed by atoms with E-state index in [-0.39, 0.29) is 6.85 Å². The van der Waals surface area contributed by atoms with E-state index in [0.717, 1.165) is 0 Å². The van der Waals surface area contributed by atoms with Crippen molar-refractivity contribution in [1.82, 2.24) is 0 Å². The van der Waals surface area contributed by atoms with E-state index in [1.54, 1.807) is 0 Å². The molecule has 2 heterocycles. The van der Waals surface area contributed by atoms with Gasteiger partial charge in [-0.25, -0.2) is 0 Å². The van der Waals surface area contributed by atoms with E-state index in [0.29, 0.717) is 0 Å². The van der Waals surface area contributed by atoms with Crippen molar-refractivity contribution in [2.24, 2.45) is 0 Å². The largest absolute Gasteiger partial charge is 0.376 e. The van der Waals surface area contributed by atoms with Gasteiger partial charge in [0.2, 0.25) is 0 Å². The normalized spacial score (nSPS) is 13.5. The molecule has 0 saturated heterocycles. The van der Waals surface area contributed by atoms with Gasteiger partial charge in [-0.2, -0.15) is 0 Å². The van der Waals surface area contributed by atoms with Crippen LogP contribution in [-0.2, 0) is 0 Å². The zero-order valence-corrected chi connectivity index (χ0v) is 17.4. The fraction of sp³-hybridized carbons (Fsp3) is 0. The third-order valence-electron chi connectivity index (χ3n) is 7.38. The third kappa shape index (κ3) is 1.96. The second-order valence-corrected chi connectivity index (χ2v) is 8.96. The summed E-state index contributed by atoms with van der Waals surface area (Å²) in [5.41, 5.74) is 8.05. The number of benzene rings is 6. The first-order valence-electron chi connectivity index (χ1n) is 11.2. The van der Waals surface area contributed by atoms with E-state index >= 15 is 0 Å². The van der Waals surface area contributed by atoms with Gasteiger partial charge in [-0.15, -0.1) is 0 Å². The topological polar surface area (TPSA) is 3.24 Å². The second kappa shape index (κ2) is 5.80. The highest BCUT2D eigenvalue weighted by Crippen LogP contribution is 2.47. The Labute approximate surface area is 186 Å². The summed E-state index contributed by atoms with van der Waals surface area (Å²) in [5, 5.41) is 7.98. The molecule has 0 aliphatic carbocycles. The number of hydrogen-bond donors (Lipinski definition) is 0. The molecule has 8 rings (SSSR count). The Balaban J connectivity index is 1.60. The third-order valence-corrected chi connectivity index (χ3v) is 7.38. The summed E-state index contributed by atoms with van der Waals surface area (Å²) in [6, 6.07) is 40.5. The summed E-state index contributed by atoms with van der Waals surface area (Å²) < 4.78 is 0. The molecule has 2 aliphatic heterocycles. The van der Waals surface area contributed by atoms with Gasteiger partial charge in [0.05, 0.1) is 0 Å². The fourth-order valence-electron chi connectivity index (χ4n) is 6.07. The van der Waals surface area contributed by atoms with Crippen LogP contribution in [0.25, 0.3) is 43.4 Å². The molecule has 0 amide bonds. The molecule has 2 heteroatoms. The van der Waals surface area contributed by atoms with Gasteiger partial charge in [0.25, 0.3) is 0 Å². The molecule has 32 heavy (non-hydrogen) atoms. The molecule has 0 unspecified atom stereocenters. The molecule has 6 aromatic rings. The maximum atomic E-state index is 2.59. The monoisotopic (exact) mass is 403 g/mol. The molecule has 1 nitrogen and oxygen atoms in total. The van der Waals surface area contributed by atoms with Gasteiger partial charge < -0.3 is 4.81 Å². The van der Waals surface area contributed by atoms with Crippen LogP contribution < -0.4 is 15.7 Å². The first-order valence-corrected chi connectivity index (χ1v) is 11.2. The zero-order chi connectivity index (χ0) is 20.8. The van der Waals surface area contributed by atoms with Crippen LogP contribution in [0.15, 0.2) is 109 Å². The van der Waals surface area contributed by atoms with Gasteiger partial charge in [0.15, 0.2) is 0 Å². The summed E-state index contributed by atoms with van der Waals surface area (Å²) >= 11 is 0. The van der Waals surface area contributed by atoms with Crippen molar-refractivity contribution in [1.29, 1.82) is 0 Å². The molecule has 2 aliphatic rings. The highest BCUT2D eigenvalue weighted by molar-refractivity contribution is 6.93. The number of nitrogens with zero attached hydrogens (tertiary/aromatic N) is 1. The van der Waals surface area contributed by atoms with Gasteiger partial charge in [0, 0.05) is 22.3 Å². The van der Waals surface area contributed by atoms with Crippen LogP contribution in [0.2, 0.25) is 0 Å². The van der Waals surface area contributed by atoms with Crippen LogP contribution in [0.3, 0.4) is 0 Å². The van der Waals surface area contributed by atoms with Crippen LogP contribution in [0.4, 0.5) is 11.4 Å². The molecular formula is C30H18BN. The van der Waals surface area contributed by atoms with Gasteiger partial charge in [-0.05, 0) is 61.6 Å². The quantitative estimate of drug-likeness (QED) is 0.210. The Morgan fingerprint density at radius 1 is 0.438 bits per heavy atom. The summed E-state index contributed by atoms with van der Waals surface area (Å²) in [6.07, 6.45) is 0. The van der Waals surface area contributed by atoms with Gasteiger partial charge in [-0.1, -0.05) is 91.0 Å². The molecule has 146 valence electrons. The minimum absolute atomic E-state index is 0.170. The van der Waals surface area contributed by atoms with E-state index in [4.69, 9.17) is 0 Å². The van der Waals surface area contributed by atoms with E-state index in [9.17, 15) is 0 Å². The Bertz CT molecular complexity index is 1750. The Kier molecular flexibility index (Phi) is 3.02. The smallest absolute Gasteiger partial charge is 0.329 e. The fourth-order valence-corrected chi connectivity index (χ4v) is 6.07. The van der Waals surface area contributed by atoms with Crippen molar-refractivity contribution < 1.29 is 0 Å². The van der Waals surface area contributed by atoms with Crippen molar-refractivity contribution in [3.05, 3.63) is 109 Å². The minimum Gasteiger partial charge on any atom is -0.376 e. The van der Waals surface area contributed by atoms with Crippen LogP contribution in [0.1, 0.15) is 0 Å². The summed E-state index contributed by atoms with van der Waals surface area (Å²) in [6.45, 7) is 0.170. The first-order chi connectivity index (χ1) is 15.9. The van der Waals surface area contributed by atoms with E-state index < -0.39 is 0 Å². The molecule has 0 N–H and O–H groups in total. The molecule has 0 spiro atoms. The van der Waals surface area contributed by atoms with E-state index in [2.05, 4.69) is 114 Å². The lowest BCUT2D eigenvalue weighted by molar-refractivity contribution is 1.39. The lowest BCUT2D eigenvalue weighted by Gasteiger charge is -2.42. The predicted octanol–water partition coefficient (Wildman–Crippen LogP) is 6.38. The molecule has 0 aromatic heterocycles. The molecule has 0 atom stereocenters. The molecule has 0 fully saturated rings. The molecule has 0 radical (unpaired) electrons. The van der Waals surface area contributed by atoms with E-state index in [1.807, 2.05) is 0 Å².